The monoisotopic (exact) mass is 557 g/mol. The third-order valence-corrected chi connectivity index (χ3v) is 10.4. The van der Waals surface area contributed by atoms with Crippen molar-refractivity contribution in [2.24, 2.45) is 0 Å². The number of aromatic nitrogens is 1. The molecule has 0 bridgehead atoms. The van der Waals surface area contributed by atoms with Gasteiger partial charge in [0.05, 0.1) is 27.9 Å². The number of carbonyl (C=O) groups excluding carboxylic acids is 1. The highest BCUT2D eigenvalue weighted by Gasteiger charge is 2.30. The molecule has 10 heteroatoms. The van der Waals surface area contributed by atoms with Gasteiger partial charge in [0, 0.05) is 23.7 Å². The standard InChI is InChI=1S/C27H28ClN3O4S2/c1-18-23(28)14-15-24-25(18)29-27(36-24)31(17-21-9-6-16-35-21)26(32)19-10-12-22(13-11-19)37(33,34)30(2)20-7-4-3-5-8-20/h6,9-16,20H,3-5,7-8,17H2,1-2H3. The molecule has 2 heterocycles. The SMILES string of the molecule is Cc1c(Cl)ccc2sc(N(Cc3ccco3)C(=O)c3ccc(S(=O)(=O)N(C)C4CCCCC4)cc3)nc12. The minimum Gasteiger partial charge on any atom is -0.467 e. The Labute approximate surface area is 225 Å². The number of carbonyl (C=O) groups is 1. The van der Waals surface area contributed by atoms with Gasteiger partial charge in [0.15, 0.2) is 5.13 Å². The number of halogens is 1. The van der Waals surface area contributed by atoms with E-state index in [1.807, 2.05) is 19.1 Å². The molecule has 7 nitrogen and oxygen atoms in total. The first-order valence-electron chi connectivity index (χ1n) is 12.2. The van der Waals surface area contributed by atoms with E-state index in [0.717, 1.165) is 47.9 Å². The number of fused-ring (bicyclic) bond motifs is 1. The molecule has 4 aromatic rings. The van der Waals surface area contributed by atoms with E-state index in [2.05, 4.69) is 0 Å². The van der Waals surface area contributed by atoms with E-state index in [1.165, 1.54) is 27.8 Å². The summed E-state index contributed by atoms with van der Waals surface area (Å²) in [6.45, 7) is 2.08. The van der Waals surface area contributed by atoms with Crippen molar-refractivity contribution < 1.29 is 17.6 Å². The van der Waals surface area contributed by atoms with Crippen LogP contribution in [0.25, 0.3) is 10.2 Å². The Hall–Kier alpha value is -2.72. The van der Waals surface area contributed by atoms with Crippen molar-refractivity contribution in [1.29, 1.82) is 0 Å². The van der Waals surface area contributed by atoms with E-state index in [4.69, 9.17) is 21.0 Å². The first-order valence-corrected chi connectivity index (χ1v) is 14.9. The molecule has 0 saturated heterocycles. The van der Waals surface area contributed by atoms with E-state index >= 15 is 0 Å². The highest BCUT2D eigenvalue weighted by atomic mass is 35.5. The van der Waals surface area contributed by atoms with E-state index < -0.39 is 10.0 Å². The Balaban J connectivity index is 1.45. The topological polar surface area (TPSA) is 83.7 Å². The van der Waals surface area contributed by atoms with Crippen molar-refractivity contribution in [2.45, 2.75) is 56.5 Å². The summed E-state index contributed by atoms with van der Waals surface area (Å²) in [6.07, 6.45) is 6.55. The first-order chi connectivity index (χ1) is 17.8. The summed E-state index contributed by atoms with van der Waals surface area (Å²) in [7, 11) is -2.00. The molecule has 37 heavy (non-hydrogen) atoms. The van der Waals surface area contributed by atoms with Gasteiger partial charge < -0.3 is 4.42 Å². The van der Waals surface area contributed by atoms with Crippen molar-refractivity contribution in [3.8, 4) is 0 Å². The lowest BCUT2D eigenvalue weighted by atomic mass is 9.96. The van der Waals surface area contributed by atoms with E-state index in [1.54, 1.807) is 42.5 Å². The lowest BCUT2D eigenvalue weighted by Gasteiger charge is -2.30. The molecule has 0 spiro atoms. The number of furan rings is 1. The summed E-state index contributed by atoms with van der Waals surface area (Å²) in [5.74, 6) is 0.305. The first kappa shape index (κ1) is 25.9. The second kappa shape index (κ2) is 10.6. The summed E-state index contributed by atoms with van der Waals surface area (Å²) in [5.41, 5.74) is 1.96. The van der Waals surface area contributed by atoms with Crippen molar-refractivity contribution in [1.82, 2.24) is 9.29 Å². The Kier molecular flexibility index (Phi) is 7.40. The van der Waals surface area contributed by atoms with Gasteiger partial charge in [-0.3, -0.25) is 9.69 Å². The van der Waals surface area contributed by atoms with Crippen molar-refractivity contribution in [3.05, 3.63) is 76.7 Å². The zero-order chi connectivity index (χ0) is 26.2. The molecule has 1 saturated carbocycles. The van der Waals surface area contributed by atoms with Gasteiger partial charge in [-0.1, -0.05) is 42.2 Å². The van der Waals surface area contributed by atoms with Crippen LogP contribution in [0, 0.1) is 6.92 Å². The van der Waals surface area contributed by atoms with Crippen molar-refractivity contribution >= 4 is 54.2 Å². The molecule has 2 aromatic carbocycles. The van der Waals surface area contributed by atoms with Gasteiger partial charge in [0.25, 0.3) is 5.91 Å². The predicted molar refractivity (Wildman–Crippen MR) is 147 cm³/mol. The molecule has 0 unspecified atom stereocenters. The maximum Gasteiger partial charge on any atom is 0.260 e. The number of amides is 1. The quantitative estimate of drug-likeness (QED) is 0.254. The molecule has 0 N–H and O–H groups in total. The minimum atomic E-state index is -3.65. The summed E-state index contributed by atoms with van der Waals surface area (Å²) in [6, 6.07) is 13.4. The number of aryl methyl sites for hydroxylation is 1. The van der Waals surface area contributed by atoms with Gasteiger partial charge in [-0.15, -0.1) is 0 Å². The third kappa shape index (κ3) is 5.18. The second-order valence-corrected chi connectivity index (χ2v) is 12.7. The summed E-state index contributed by atoms with van der Waals surface area (Å²) in [5, 5.41) is 1.12. The van der Waals surface area contributed by atoms with Crippen molar-refractivity contribution in [2.75, 3.05) is 11.9 Å². The number of benzene rings is 2. The lowest BCUT2D eigenvalue weighted by Crippen LogP contribution is -2.38. The molecule has 1 aliphatic carbocycles. The number of nitrogens with zero attached hydrogens (tertiary/aromatic N) is 3. The lowest BCUT2D eigenvalue weighted by molar-refractivity contribution is 0.0983. The van der Waals surface area contributed by atoms with E-state index in [9.17, 15) is 13.2 Å². The normalized spacial score (nSPS) is 14.9. The highest BCUT2D eigenvalue weighted by Crippen LogP contribution is 2.35. The summed E-state index contributed by atoms with van der Waals surface area (Å²) < 4.78 is 34.4. The van der Waals surface area contributed by atoms with Gasteiger partial charge in [0.1, 0.15) is 5.76 Å². The van der Waals surface area contributed by atoms with Crippen LogP contribution in [-0.2, 0) is 16.6 Å². The number of hydrogen-bond acceptors (Lipinski definition) is 6. The van der Waals surface area contributed by atoms with Crippen LogP contribution in [0.1, 0.15) is 53.8 Å². The summed E-state index contributed by atoms with van der Waals surface area (Å²) in [4.78, 5) is 20.2. The van der Waals surface area contributed by atoms with Crippen molar-refractivity contribution in [3.63, 3.8) is 0 Å². The highest BCUT2D eigenvalue weighted by molar-refractivity contribution is 7.89. The molecule has 0 aliphatic heterocycles. The van der Waals surface area contributed by atoms with Crippen LogP contribution >= 0.6 is 22.9 Å². The summed E-state index contributed by atoms with van der Waals surface area (Å²) >= 11 is 7.68. The number of anilines is 1. The smallest absolute Gasteiger partial charge is 0.260 e. The minimum absolute atomic E-state index is 0.0137. The number of thiazole rings is 1. The fourth-order valence-electron chi connectivity index (χ4n) is 4.72. The van der Waals surface area contributed by atoms with Gasteiger partial charge in [-0.25, -0.2) is 13.4 Å². The Bertz CT molecular complexity index is 1510. The maximum absolute atomic E-state index is 13.7. The molecule has 1 aliphatic rings. The number of rotatable bonds is 7. The van der Waals surface area contributed by atoms with Gasteiger partial charge in [0.2, 0.25) is 10.0 Å². The van der Waals surface area contributed by atoms with Crippen LogP contribution < -0.4 is 4.90 Å². The van der Waals surface area contributed by atoms with Crippen LogP contribution in [0.5, 0.6) is 0 Å². The molecular formula is C27H28ClN3O4S2. The molecular weight excluding hydrogens is 530 g/mol. The average molecular weight is 558 g/mol. The van der Waals surface area contributed by atoms with Gasteiger partial charge in [-0.2, -0.15) is 4.31 Å². The van der Waals surface area contributed by atoms with Gasteiger partial charge in [-0.05, 0) is 73.9 Å². The van der Waals surface area contributed by atoms with Crippen LogP contribution in [0.2, 0.25) is 5.02 Å². The van der Waals surface area contributed by atoms with Crippen LogP contribution in [0.3, 0.4) is 0 Å². The number of sulfonamides is 1. The molecule has 0 radical (unpaired) electrons. The van der Waals surface area contributed by atoms with Crippen LogP contribution in [0.15, 0.2) is 64.1 Å². The fourth-order valence-corrected chi connectivity index (χ4v) is 7.31. The molecule has 194 valence electrons. The molecule has 0 atom stereocenters. The molecule has 2 aromatic heterocycles. The predicted octanol–water partition coefficient (Wildman–Crippen LogP) is 6.65. The fraction of sp³-hybridized carbons (Fsp3) is 0.333. The largest absolute Gasteiger partial charge is 0.467 e. The van der Waals surface area contributed by atoms with Crippen LogP contribution in [0.4, 0.5) is 5.13 Å². The van der Waals surface area contributed by atoms with Gasteiger partial charge >= 0.3 is 0 Å². The van der Waals surface area contributed by atoms with E-state index in [-0.39, 0.29) is 23.4 Å². The zero-order valence-corrected chi connectivity index (χ0v) is 23.1. The molecule has 1 fully saturated rings. The molecule has 1 amide bonds. The third-order valence-electron chi connectivity index (χ3n) is 6.97. The number of hydrogen-bond donors (Lipinski definition) is 0. The maximum atomic E-state index is 13.7. The van der Waals surface area contributed by atoms with E-state index in [0.29, 0.717) is 21.5 Å². The Morgan fingerprint density at radius 2 is 1.84 bits per heavy atom. The molecule has 5 rings (SSSR count). The Morgan fingerprint density at radius 1 is 1.11 bits per heavy atom. The average Bonchev–Trinajstić information content (AvgIpc) is 3.59. The zero-order valence-electron chi connectivity index (χ0n) is 20.7. The van der Waals surface area contributed by atoms with Crippen LogP contribution in [-0.4, -0.2) is 36.7 Å². The Morgan fingerprint density at radius 3 is 2.51 bits per heavy atom. The second-order valence-electron chi connectivity index (χ2n) is 9.32.